The van der Waals surface area contributed by atoms with Crippen molar-refractivity contribution in [1.82, 2.24) is 0 Å². The number of hydrogen-bond donors (Lipinski definition) is 2. The summed E-state index contributed by atoms with van der Waals surface area (Å²) in [7, 11) is 0. The summed E-state index contributed by atoms with van der Waals surface area (Å²) < 4.78 is 0. The maximum atomic E-state index is 11.5. The standard InChI is InChI=1S/C25H42O3/c1-2-3-4-5-6-7-8-9-10-11-12-13-14-15-19-23(25(27)28)21-22-18-16-17-20-24(22)26/h16-18,20,23,26H,2-15,19,21H2,1H3,(H,27,28). The SMILES string of the molecule is CCCCCCCCCCCCCCCCC(Cc1ccccc1O)C(=O)O. The molecule has 0 aliphatic heterocycles. The van der Waals surface area contributed by atoms with Crippen LogP contribution >= 0.6 is 0 Å². The van der Waals surface area contributed by atoms with Gasteiger partial charge < -0.3 is 10.2 Å². The number of benzene rings is 1. The van der Waals surface area contributed by atoms with Crippen molar-refractivity contribution < 1.29 is 15.0 Å². The van der Waals surface area contributed by atoms with Crippen LogP contribution < -0.4 is 0 Å². The third-order valence-electron chi connectivity index (χ3n) is 5.71. The summed E-state index contributed by atoms with van der Waals surface area (Å²) in [6.45, 7) is 2.26. The van der Waals surface area contributed by atoms with Crippen LogP contribution in [0.25, 0.3) is 0 Å². The summed E-state index contributed by atoms with van der Waals surface area (Å²) in [6, 6.07) is 7.06. The molecule has 1 unspecified atom stereocenters. The molecule has 0 radical (unpaired) electrons. The van der Waals surface area contributed by atoms with Gasteiger partial charge in [-0.15, -0.1) is 0 Å². The molecular formula is C25H42O3. The fourth-order valence-corrected chi connectivity index (χ4v) is 3.85. The Morgan fingerprint density at radius 2 is 1.25 bits per heavy atom. The van der Waals surface area contributed by atoms with Gasteiger partial charge in [0.15, 0.2) is 0 Å². The first-order chi connectivity index (χ1) is 13.6. The molecule has 0 spiro atoms. The number of phenolic OH excluding ortho intramolecular Hbond substituents is 1. The van der Waals surface area contributed by atoms with Crippen LogP contribution in [-0.2, 0) is 11.2 Å². The number of phenols is 1. The van der Waals surface area contributed by atoms with E-state index in [0.717, 1.165) is 18.4 Å². The molecule has 0 fully saturated rings. The highest BCUT2D eigenvalue weighted by molar-refractivity contribution is 5.70. The van der Waals surface area contributed by atoms with E-state index in [4.69, 9.17) is 0 Å². The van der Waals surface area contributed by atoms with Crippen LogP contribution in [-0.4, -0.2) is 16.2 Å². The van der Waals surface area contributed by atoms with Crippen molar-refractivity contribution >= 4 is 5.97 Å². The summed E-state index contributed by atoms with van der Waals surface area (Å²) in [5.74, 6) is -0.946. The molecule has 1 aromatic rings. The highest BCUT2D eigenvalue weighted by Crippen LogP contribution is 2.23. The summed E-state index contributed by atoms with van der Waals surface area (Å²) in [4.78, 5) is 11.5. The van der Waals surface area contributed by atoms with Gasteiger partial charge in [-0.2, -0.15) is 0 Å². The number of carboxylic acids is 1. The molecule has 0 aliphatic rings. The summed E-state index contributed by atoms with van der Waals surface area (Å²) in [6.07, 6.45) is 19.4. The van der Waals surface area contributed by atoms with E-state index < -0.39 is 11.9 Å². The second kappa shape index (κ2) is 16.4. The molecular weight excluding hydrogens is 348 g/mol. The first-order valence-corrected chi connectivity index (χ1v) is 11.6. The van der Waals surface area contributed by atoms with Crippen molar-refractivity contribution in [3.8, 4) is 5.75 Å². The lowest BCUT2D eigenvalue weighted by molar-refractivity contribution is -0.142. The first-order valence-electron chi connectivity index (χ1n) is 11.6. The molecule has 1 atom stereocenters. The second-order valence-electron chi connectivity index (χ2n) is 8.25. The molecule has 1 rings (SSSR count). The van der Waals surface area contributed by atoms with Crippen LogP contribution in [0.5, 0.6) is 5.75 Å². The van der Waals surface area contributed by atoms with Gasteiger partial charge in [0.1, 0.15) is 5.75 Å². The summed E-state index contributed by atoms with van der Waals surface area (Å²) >= 11 is 0. The van der Waals surface area contributed by atoms with Gasteiger partial charge in [-0.1, -0.05) is 115 Å². The maximum Gasteiger partial charge on any atom is 0.306 e. The second-order valence-corrected chi connectivity index (χ2v) is 8.25. The van der Waals surface area contributed by atoms with Crippen LogP contribution in [0, 0.1) is 5.92 Å². The van der Waals surface area contributed by atoms with E-state index in [9.17, 15) is 15.0 Å². The lowest BCUT2D eigenvalue weighted by Crippen LogP contribution is -2.16. The molecule has 0 aromatic heterocycles. The van der Waals surface area contributed by atoms with Crippen LogP contribution in [0.2, 0.25) is 0 Å². The molecule has 0 heterocycles. The predicted octanol–water partition coefficient (Wildman–Crippen LogP) is 7.51. The fourth-order valence-electron chi connectivity index (χ4n) is 3.85. The Labute approximate surface area is 172 Å². The molecule has 28 heavy (non-hydrogen) atoms. The highest BCUT2D eigenvalue weighted by atomic mass is 16.4. The quantitative estimate of drug-likeness (QED) is 0.255. The molecule has 3 nitrogen and oxygen atoms in total. The zero-order chi connectivity index (χ0) is 20.5. The fraction of sp³-hybridized carbons (Fsp3) is 0.720. The Kier molecular flexibility index (Phi) is 14.4. The van der Waals surface area contributed by atoms with Gasteiger partial charge in [-0.25, -0.2) is 0 Å². The lowest BCUT2D eigenvalue weighted by atomic mass is 9.93. The molecule has 0 aliphatic carbocycles. The van der Waals surface area contributed by atoms with Crippen molar-refractivity contribution in [2.45, 2.75) is 110 Å². The van der Waals surface area contributed by atoms with E-state index in [0.29, 0.717) is 12.8 Å². The molecule has 2 N–H and O–H groups in total. The minimum absolute atomic E-state index is 0.203. The van der Waals surface area contributed by atoms with E-state index in [1.165, 1.54) is 77.0 Å². The zero-order valence-corrected chi connectivity index (χ0v) is 18.0. The topological polar surface area (TPSA) is 57.5 Å². The molecule has 0 bridgehead atoms. The Balaban J connectivity index is 1.99. The molecule has 0 amide bonds. The molecule has 1 aromatic carbocycles. The van der Waals surface area contributed by atoms with Gasteiger partial charge in [-0.05, 0) is 24.5 Å². The van der Waals surface area contributed by atoms with Crippen molar-refractivity contribution in [1.29, 1.82) is 0 Å². The largest absolute Gasteiger partial charge is 0.508 e. The molecule has 3 heteroatoms. The average Bonchev–Trinajstić information content (AvgIpc) is 2.68. The number of aromatic hydroxyl groups is 1. The van der Waals surface area contributed by atoms with Crippen LogP contribution in [0.1, 0.15) is 109 Å². The minimum Gasteiger partial charge on any atom is -0.508 e. The van der Waals surface area contributed by atoms with Crippen LogP contribution in [0.3, 0.4) is 0 Å². The van der Waals surface area contributed by atoms with E-state index in [2.05, 4.69) is 6.92 Å². The third-order valence-corrected chi connectivity index (χ3v) is 5.71. The van der Waals surface area contributed by atoms with Crippen LogP contribution in [0.15, 0.2) is 24.3 Å². The highest BCUT2D eigenvalue weighted by Gasteiger charge is 2.18. The van der Waals surface area contributed by atoms with Gasteiger partial charge in [0.2, 0.25) is 0 Å². The number of unbranched alkanes of at least 4 members (excludes halogenated alkanes) is 13. The number of para-hydroxylation sites is 1. The monoisotopic (exact) mass is 390 g/mol. The van der Waals surface area contributed by atoms with Gasteiger partial charge in [0.25, 0.3) is 0 Å². The van der Waals surface area contributed by atoms with Crippen molar-refractivity contribution in [3.05, 3.63) is 29.8 Å². The molecule has 160 valence electrons. The Bertz CT molecular complexity index is 512. The minimum atomic E-state index is -0.752. The molecule has 0 saturated carbocycles. The Morgan fingerprint density at radius 3 is 1.71 bits per heavy atom. The van der Waals surface area contributed by atoms with Crippen molar-refractivity contribution in [2.24, 2.45) is 5.92 Å². The summed E-state index contributed by atoms with van der Waals surface area (Å²) in [5.41, 5.74) is 0.736. The van der Waals surface area contributed by atoms with Gasteiger partial charge >= 0.3 is 5.97 Å². The maximum absolute atomic E-state index is 11.5. The van der Waals surface area contributed by atoms with E-state index >= 15 is 0 Å². The Morgan fingerprint density at radius 1 is 0.786 bits per heavy atom. The lowest BCUT2D eigenvalue weighted by Gasteiger charge is -2.13. The first kappa shape index (κ1) is 24.5. The van der Waals surface area contributed by atoms with Gasteiger partial charge in [0.05, 0.1) is 5.92 Å². The van der Waals surface area contributed by atoms with E-state index in [1.807, 2.05) is 12.1 Å². The van der Waals surface area contributed by atoms with E-state index in [-0.39, 0.29) is 5.75 Å². The number of rotatable bonds is 18. The Hall–Kier alpha value is -1.51. The van der Waals surface area contributed by atoms with E-state index in [1.54, 1.807) is 12.1 Å². The predicted molar refractivity (Wildman–Crippen MR) is 118 cm³/mol. The normalized spacial score (nSPS) is 12.2. The van der Waals surface area contributed by atoms with Crippen LogP contribution in [0.4, 0.5) is 0 Å². The summed E-state index contributed by atoms with van der Waals surface area (Å²) in [5, 5.41) is 19.3. The number of hydrogen-bond acceptors (Lipinski definition) is 2. The zero-order valence-electron chi connectivity index (χ0n) is 18.0. The van der Waals surface area contributed by atoms with Gasteiger partial charge in [-0.3, -0.25) is 4.79 Å². The molecule has 0 saturated heterocycles. The van der Waals surface area contributed by atoms with Crippen molar-refractivity contribution in [3.63, 3.8) is 0 Å². The van der Waals surface area contributed by atoms with Gasteiger partial charge in [0, 0.05) is 0 Å². The number of carboxylic acid groups (broad SMARTS) is 1. The average molecular weight is 391 g/mol. The smallest absolute Gasteiger partial charge is 0.306 e. The number of aliphatic carboxylic acids is 1. The number of carbonyl (C=O) groups is 1. The third kappa shape index (κ3) is 12.0. The van der Waals surface area contributed by atoms with Crippen molar-refractivity contribution in [2.75, 3.05) is 0 Å².